The van der Waals surface area contributed by atoms with E-state index in [4.69, 9.17) is 16.3 Å². The standard InChI is InChI=1S/C13H8ClFO/c14-10-4-2-6-12-13(10)8-3-1-5-11(15)9(8)7-16-12/h1-6H,7H2. The van der Waals surface area contributed by atoms with Crippen molar-refractivity contribution in [2.45, 2.75) is 6.61 Å². The maximum atomic E-state index is 13.6. The molecular weight excluding hydrogens is 227 g/mol. The second kappa shape index (κ2) is 3.49. The largest absolute Gasteiger partial charge is 0.488 e. The smallest absolute Gasteiger partial charge is 0.130 e. The molecule has 0 amide bonds. The van der Waals surface area contributed by atoms with Gasteiger partial charge in [-0.3, -0.25) is 0 Å². The first kappa shape index (κ1) is 9.67. The van der Waals surface area contributed by atoms with E-state index in [1.165, 1.54) is 6.07 Å². The Hall–Kier alpha value is -1.54. The second-order valence-electron chi connectivity index (χ2n) is 3.67. The van der Waals surface area contributed by atoms with Crippen molar-refractivity contribution in [1.29, 1.82) is 0 Å². The van der Waals surface area contributed by atoms with E-state index in [2.05, 4.69) is 0 Å². The zero-order valence-corrected chi connectivity index (χ0v) is 9.09. The SMILES string of the molecule is Fc1cccc2c1COc1cccc(Cl)c1-2. The van der Waals surface area contributed by atoms with Crippen molar-refractivity contribution in [3.63, 3.8) is 0 Å². The summed E-state index contributed by atoms with van der Waals surface area (Å²) in [5, 5.41) is 0.587. The highest BCUT2D eigenvalue weighted by atomic mass is 35.5. The molecule has 80 valence electrons. The average molecular weight is 235 g/mol. The van der Waals surface area contributed by atoms with Gasteiger partial charge in [0.1, 0.15) is 18.2 Å². The van der Waals surface area contributed by atoms with Crippen molar-refractivity contribution in [3.05, 3.63) is 52.8 Å². The zero-order valence-electron chi connectivity index (χ0n) is 8.34. The molecule has 0 radical (unpaired) electrons. The number of hydrogen-bond acceptors (Lipinski definition) is 1. The summed E-state index contributed by atoms with van der Waals surface area (Å²) in [7, 11) is 0. The number of halogens is 2. The van der Waals surface area contributed by atoms with Crippen LogP contribution in [0.4, 0.5) is 4.39 Å². The van der Waals surface area contributed by atoms with Crippen molar-refractivity contribution in [1.82, 2.24) is 0 Å². The Morgan fingerprint density at radius 3 is 2.81 bits per heavy atom. The van der Waals surface area contributed by atoms with Crippen LogP contribution in [-0.4, -0.2) is 0 Å². The summed E-state index contributed by atoms with van der Waals surface area (Å²) in [5.74, 6) is 0.466. The van der Waals surface area contributed by atoms with Crippen LogP contribution < -0.4 is 4.74 Å². The topological polar surface area (TPSA) is 9.23 Å². The quantitative estimate of drug-likeness (QED) is 0.669. The predicted molar refractivity (Wildman–Crippen MR) is 61.2 cm³/mol. The molecule has 0 saturated carbocycles. The molecule has 0 fully saturated rings. The molecule has 1 nitrogen and oxygen atoms in total. The van der Waals surface area contributed by atoms with Crippen LogP contribution >= 0.6 is 11.6 Å². The average Bonchev–Trinajstić information content (AvgIpc) is 2.29. The lowest BCUT2D eigenvalue weighted by atomic mass is 9.97. The highest BCUT2D eigenvalue weighted by Gasteiger charge is 2.21. The lowest BCUT2D eigenvalue weighted by Crippen LogP contribution is -2.07. The van der Waals surface area contributed by atoms with E-state index in [9.17, 15) is 4.39 Å². The molecule has 0 atom stereocenters. The molecule has 0 N–H and O–H groups in total. The molecule has 0 aromatic heterocycles. The molecule has 0 saturated heterocycles. The van der Waals surface area contributed by atoms with Crippen molar-refractivity contribution < 1.29 is 9.13 Å². The Bertz CT molecular complexity index is 566. The minimum Gasteiger partial charge on any atom is -0.488 e. The van der Waals surface area contributed by atoms with E-state index in [1.807, 2.05) is 18.2 Å². The molecule has 2 aromatic rings. The Balaban J connectivity index is 2.34. The molecule has 1 aliphatic rings. The van der Waals surface area contributed by atoms with Gasteiger partial charge in [-0.25, -0.2) is 4.39 Å². The molecule has 1 heterocycles. The highest BCUT2D eigenvalue weighted by Crippen LogP contribution is 2.42. The van der Waals surface area contributed by atoms with Gasteiger partial charge in [-0.1, -0.05) is 29.8 Å². The summed E-state index contributed by atoms with van der Waals surface area (Å²) in [6.45, 7) is 0.259. The van der Waals surface area contributed by atoms with Gasteiger partial charge >= 0.3 is 0 Å². The Labute approximate surface area is 97.4 Å². The number of hydrogen-bond donors (Lipinski definition) is 0. The molecule has 3 rings (SSSR count). The molecule has 0 unspecified atom stereocenters. The third-order valence-electron chi connectivity index (χ3n) is 2.74. The summed E-state index contributed by atoms with van der Waals surface area (Å²) < 4.78 is 19.1. The summed E-state index contributed by atoms with van der Waals surface area (Å²) in [6.07, 6.45) is 0. The molecule has 16 heavy (non-hydrogen) atoms. The molecule has 0 aliphatic carbocycles. The van der Waals surface area contributed by atoms with Crippen LogP contribution in [0.15, 0.2) is 36.4 Å². The number of benzene rings is 2. The predicted octanol–water partition coefficient (Wildman–Crippen LogP) is 4.04. The molecular formula is C13H8ClFO. The van der Waals surface area contributed by atoms with Crippen LogP contribution in [0.25, 0.3) is 11.1 Å². The van der Waals surface area contributed by atoms with E-state index >= 15 is 0 Å². The minimum absolute atomic E-state index is 0.247. The zero-order chi connectivity index (χ0) is 11.1. The van der Waals surface area contributed by atoms with Crippen molar-refractivity contribution in [2.75, 3.05) is 0 Å². The van der Waals surface area contributed by atoms with Gasteiger partial charge in [0.05, 0.1) is 5.02 Å². The van der Waals surface area contributed by atoms with Crippen LogP contribution in [-0.2, 0) is 6.61 Å². The van der Waals surface area contributed by atoms with Crippen LogP contribution in [0.3, 0.4) is 0 Å². The van der Waals surface area contributed by atoms with E-state index in [0.717, 1.165) is 11.1 Å². The first-order chi connectivity index (χ1) is 7.77. The highest BCUT2D eigenvalue weighted by molar-refractivity contribution is 6.33. The third-order valence-corrected chi connectivity index (χ3v) is 3.05. The Morgan fingerprint density at radius 2 is 1.94 bits per heavy atom. The monoisotopic (exact) mass is 234 g/mol. The normalized spacial score (nSPS) is 12.6. The van der Waals surface area contributed by atoms with Gasteiger partial charge < -0.3 is 4.74 Å². The minimum atomic E-state index is -0.247. The number of fused-ring (bicyclic) bond motifs is 3. The van der Waals surface area contributed by atoms with Gasteiger partial charge in [-0.2, -0.15) is 0 Å². The van der Waals surface area contributed by atoms with Crippen molar-refractivity contribution >= 4 is 11.6 Å². The fourth-order valence-corrected chi connectivity index (χ4v) is 2.24. The maximum Gasteiger partial charge on any atom is 0.130 e. The maximum absolute atomic E-state index is 13.6. The summed E-state index contributed by atoms with van der Waals surface area (Å²) >= 11 is 6.12. The van der Waals surface area contributed by atoms with Gasteiger partial charge in [-0.05, 0) is 23.8 Å². The Morgan fingerprint density at radius 1 is 1.12 bits per heavy atom. The lowest BCUT2D eigenvalue weighted by molar-refractivity contribution is 0.295. The molecule has 2 aromatic carbocycles. The van der Waals surface area contributed by atoms with Gasteiger partial charge in [0.2, 0.25) is 0 Å². The van der Waals surface area contributed by atoms with Gasteiger partial charge in [0.15, 0.2) is 0 Å². The lowest BCUT2D eigenvalue weighted by Gasteiger charge is -2.21. The molecule has 0 bridgehead atoms. The van der Waals surface area contributed by atoms with Gasteiger partial charge in [0.25, 0.3) is 0 Å². The van der Waals surface area contributed by atoms with Crippen LogP contribution in [0.2, 0.25) is 5.02 Å². The first-order valence-electron chi connectivity index (χ1n) is 4.96. The van der Waals surface area contributed by atoms with Crippen LogP contribution in [0.5, 0.6) is 5.75 Å². The van der Waals surface area contributed by atoms with E-state index in [-0.39, 0.29) is 12.4 Å². The first-order valence-corrected chi connectivity index (χ1v) is 5.34. The number of ether oxygens (including phenoxy) is 1. The van der Waals surface area contributed by atoms with E-state index in [1.54, 1.807) is 12.1 Å². The second-order valence-corrected chi connectivity index (χ2v) is 4.07. The molecule has 1 aliphatic heterocycles. The van der Waals surface area contributed by atoms with E-state index < -0.39 is 0 Å². The van der Waals surface area contributed by atoms with Crippen molar-refractivity contribution in [2.24, 2.45) is 0 Å². The molecule has 0 spiro atoms. The summed E-state index contributed by atoms with van der Waals surface area (Å²) in [4.78, 5) is 0. The van der Waals surface area contributed by atoms with Crippen molar-refractivity contribution in [3.8, 4) is 16.9 Å². The van der Waals surface area contributed by atoms with Gasteiger partial charge in [-0.15, -0.1) is 0 Å². The molecule has 3 heteroatoms. The number of rotatable bonds is 0. The van der Waals surface area contributed by atoms with Crippen LogP contribution in [0, 0.1) is 5.82 Å². The Kier molecular flexibility index (Phi) is 2.11. The summed E-state index contributed by atoms with van der Waals surface area (Å²) in [5.41, 5.74) is 2.18. The van der Waals surface area contributed by atoms with E-state index in [0.29, 0.717) is 16.3 Å². The third kappa shape index (κ3) is 1.30. The van der Waals surface area contributed by atoms with Gasteiger partial charge in [0, 0.05) is 11.1 Å². The summed E-state index contributed by atoms with van der Waals surface area (Å²) in [6, 6.07) is 10.4. The fraction of sp³-hybridized carbons (Fsp3) is 0.0769. The fourth-order valence-electron chi connectivity index (χ4n) is 1.98. The van der Waals surface area contributed by atoms with Crippen LogP contribution in [0.1, 0.15) is 5.56 Å².